The zero-order chi connectivity index (χ0) is 21.3. The van der Waals surface area contributed by atoms with Crippen molar-refractivity contribution in [1.82, 2.24) is 15.5 Å². The lowest BCUT2D eigenvalue weighted by Crippen LogP contribution is -2.53. The number of nitrogens with zero attached hydrogens (tertiary/aromatic N) is 1. The minimum absolute atomic E-state index is 0.0724. The quantitative estimate of drug-likeness (QED) is 0.571. The van der Waals surface area contributed by atoms with Crippen LogP contribution in [-0.4, -0.2) is 79.5 Å². The summed E-state index contributed by atoms with van der Waals surface area (Å²) < 4.78 is 11.2. The van der Waals surface area contributed by atoms with Crippen LogP contribution < -0.4 is 10.6 Å². The van der Waals surface area contributed by atoms with Crippen LogP contribution in [0.3, 0.4) is 0 Å². The Bertz CT molecular complexity index is 681. The number of aliphatic hydroxyl groups excluding tert-OH is 1. The van der Waals surface area contributed by atoms with Gasteiger partial charge >= 0.3 is 0 Å². The van der Waals surface area contributed by atoms with Gasteiger partial charge in [0.05, 0.1) is 51.0 Å². The first-order chi connectivity index (χ1) is 14.5. The Morgan fingerprint density at radius 2 is 1.90 bits per heavy atom. The molecule has 0 aromatic heterocycles. The SMILES string of the molecule is C[C@@H](NC(=O)C[C@@H]1CC[C@@H](NC(=O)CN2CCOCC2)[C@@H](CO)O1)c1ccccc1. The highest BCUT2D eigenvalue weighted by atomic mass is 16.5. The molecule has 0 unspecified atom stereocenters. The molecule has 1 aromatic rings. The fourth-order valence-corrected chi connectivity index (χ4v) is 3.99. The van der Waals surface area contributed by atoms with Crippen LogP contribution in [0.2, 0.25) is 0 Å². The van der Waals surface area contributed by atoms with Crippen molar-refractivity contribution in [3.63, 3.8) is 0 Å². The standard InChI is InChI=1S/C22H33N3O5/c1-16(17-5-3-2-4-6-17)23-21(27)13-18-7-8-19(20(15-26)30-18)24-22(28)14-25-9-11-29-12-10-25/h2-6,16,18-20,26H,7-15H2,1H3,(H,23,27)(H,24,28)/t16-,18+,19-,20-/m1/s1. The molecule has 0 aliphatic carbocycles. The van der Waals surface area contributed by atoms with Crippen LogP contribution >= 0.6 is 0 Å². The van der Waals surface area contributed by atoms with E-state index in [9.17, 15) is 14.7 Å². The second kappa shape index (κ2) is 11.4. The van der Waals surface area contributed by atoms with Gasteiger partial charge in [-0.2, -0.15) is 0 Å². The van der Waals surface area contributed by atoms with Gasteiger partial charge in [-0.25, -0.2) is 0 Å². The van der Waals surface area contributed by atoms with Gasteiger partial charge in [-0.15, -0.1) is 0 Å². The van der Waals surface area contributed by atoms with Gasteiger partial charge in [-0.05, 0) is 25.3 Å². The summed E-state index contributed by atoms with van der Waals surface area (Å²) >= 11 is 0. The summed E-state index contributed by atoms with van der Waals surface area (Å²) in [5, 5.41) is 15.7. The smallest absolute Gasteiger partial charge is 0.234 e. The number of aliphatic hydroxyl groups is 1. The molecule has 3 N–H and O–H groups in total. The monoisotopic (exact) mass is 419 g/mol. The van der Waals surface area contributed by atoms with E-state index in [0.717, 1.165) is 18.7 Å². The third kappa shape index (κ3) is 6.77. The van der Waals surface area contributed by atoms with Crippen molar-refractivity contribution in [3.05, 3.63) is 35.9 Å². The molecule has 2 aliphatic heterocycles. The highest BCUT2D eigenvalue weighted by Gasteiger charge is 2.33. The molecule has 0 bridgehead atoms. The number of amides is 2. The average Bonchev–Trinajstić information content (AvgIpc) is 2.76. The van der Waals surface area contributed by atoms with E-state index in [1.54, 1.807) is 0 Å². The molecular weight excluding hydrogens is 386 g/mol. The maximum absolute atomic E-state index is 12.4. The lowest BCUT2D eigenvalue weighted by molar-refractivity contribution is -0.137. The van der Waals surface area contributed by atoms with Crippen LogP contribution in [0.5, 0.6) is 0 Å². The first kappa shape index (κ1) is 22.7. The Kier molecular flexibility index (Phi) is 8.62. The minimum Gasteiger partial charge on any atom is -0.394 e. The number of benzene rings is 1. The number of morpholine rings is 1. The summed E-state index contributed by atoms with van der Waals surface area (Å²) in [6.45, 7) is 4.86. The van der Waals surface area contributed by atoms with E-state index < -0.39 is 6.10 Å². The van der Waals surface area contributed by atoms with Crippen molar-refractivity contribution in [2.24, 2.45) is 0 Å². The van der Waals surface area contributed by atoms with Gasteiger partial charge in [-0.3, -0.25) is 14.5 Å². The molecule has 1 aromatic carbocycles. The number of hydrogen-bond acceptors (Lipinski definition) is 6. The summed E-state index contributed by atoms with van der Waals surface area (Å²) in [7, 11) is 0. The molecule has 2 aliphatic rings. The summed E-state index contributed by atoms with van der Waals surface area (Å²) in [6.07, 6.45) is 0.801. The molecule has 30 heavy (non-hydrogen) atoms. The molecule has 0 spiro atoms. The molecule has 8 heteroatoms. The second-order valence-corrected chi connectivity index (χ2v) is 8.02. The van der Waals surface area contributed by atoms with Gasteiger partial charge < -0.3 is 25.2 Å². The molecule has 2 heterocycles. The predicted octanol–water partition coefficient (Wildman–Crippen LogP) is 0.611. The predicted molar refractivity (Wildman–Crippen MR) is 112 cm³/mol. The Hall–Kier alpha value is -2.00. The van der Waals surface area contributed by atoms with E-state index in [-0.39, 0.29) is 43.0 Å². The number of rotatable bonds is 8. The molecule has 2 amide bonds. The molecule has 0 radical (unpaired) electrons. The van der Waals surface area contributed by atoms with Gasteiger partial charge in [0.1, 0.15) is 6.10 Å². The molecule has 4 atom stereocenters. The number of nitrogens with one attached hydrogen (secondary N) is 2. The van der Waals surface area contributed by atoms with E-state index >= 15 is 0 Å². The van der Waals surface area contributed by atoms with Crippen molar-refractivity contribution in [2.45, 2.75) is 50.5 Å². The van der Waals surface area contributed by atoms with Crippen molar-refractivity contribution in [1.29, 1.82) is 0 Å². The fourth-order valence-electron chi connectivity index (χ4n) is 3.99. The topological polar surface area (TPSA) is 100 Å². The maximum atomic E-state index is 12.4. The normalized spacial score (nSPS) is 26.0. The van der Waals surface area contributed by atoms with Crippen LogP contribution in [0.15, 0.2) is 30.3 Å². The number of ether oxygens (including phenoxy) is 2. The van der Waals surface area contributed by atoms with Crippen LogP contribution in [-0.2, 0) is 19.1 Å². The first-order valence-corrected chi connectivity index (χ1v) is 10.7. The summed E-state index contributed by atoms with van der Waals surface area (Å²) in [6, 6.07) is 9.47. The van der Waals surface area contributed by atoms with Crippen molar-refractivity contribution >= 4 is 11.8 Å². The van der Waals surface area contributed by atoms with Crippen LogP contribution in [0.4, 0.5) is 0 Å². The Morgan fingerprint density at radius 1 is 1.17 bits per heavy atom. The third-order valence-corrected chi connectivity index (χ3v) is 5.70. The Balaban J connectivity index is 1.43. The van der Waals surface area contributed by atoms with Crippen molar-refractivity contribution in [3.8, 4) is 0 Å². The Labute approximate surface area is 177 Å². The van der Waals surface area contributed by atoms with Crippen LogP contribution in [0, 0.1) is 0 Å². The molecule has 0 saturated carbocycles. The highest BCUT2D eigenvalue weighted by molar-refractivity contribution is 5.78. The number of carbonyl (C=O) groups excluding carboxylic acids is 2. The van der Waals surface area contributed by atoms with E-state index in [0.29, 0.717) is 32.6 Å². The molecule has 2 fully saturated rings. The van der Waals surface area contributed by atoms with Gasteiger partial charge in [0.2, 0.25) is 11.8 Å². The minimum atomic E-state index is -0.503. The number of hydrogen-bond donors (Lipinski definition) is 3. The van der Waals surface area contributed by atoms with E-state index in [1.807, 2.05) is 37.3 Å². The van der Waals surface area contributed by atoms with Gasteiger partial charge in [-0.1, -0.05) is 30.3 Å². The first-order valence-electron chi connectivity index (χ1n) is 10.7. The molecular formula is C22H33N3O5. The van der Waals surface area contributed by atoms with Crippen molar-refractivity contribution in [2.75, 3.05) is 39.5 Å². The lowest BCUT2D eigenvalue weighted by atomic mass is 9.96. The van der Waals surface area contributed by atoms with Crippen LogP contribution in [0.1, 0.15) is 37.8 Å². The van der Waals surface area contributed by atoms with Gasteiger partial charge in [0.15, 0.2) is 0 Å². The zero-order valence-corrected chi connectivity index (χ0v) is 17.6. The second-order valence-electron chi connectivity index (χ2n) is 8.02. The lowest BCUT2D eigenvalue weighted by Gasteiger charge is -2.36. The average molecular weight is 420 g/mol. The van der Waals surface area contributed by atoms with Crippen molar-refractivity contribution < 1.29 is 24.2 Å². The summed E-state index contributed by atoms with van der Waals surface area (Å²) in [4.78, 5) is 26.8. The fraction of sp³-hybridized carbons (Fsp3) is 0.636. The zero-order valence-electron chi connectivity index (χ0n) is 17.6. The third-order valence-electron chi connectivity index (χ3n) is 5.70. The van der Waals surface area contributed by atoms with Crippen LogP contribution in [0.25, 0.3) is 0 Å². The van der Waals surface area contributed by atoms with E-state index in [1.165, 1.54) is 0 Å². The van der Waals surface area contributed by atoms with Gasteiger partial charge in [0, 0.05) is 13.1 Å². The largest absolute Gasteiger partial charge is 0.394 e. The van der Waals surface area contributed by atoms with E-state index in [4.69, 9.17) is 9.47 Å². The summed E-state index contributed by atoms with van der Waals surface area (Å²) in [5.41, 5.74) is 1.05. The number of carbonyl (C=O) groups is 2. The van der Waals surface area contributed by atoms with Gasteiger partial charge in [0.25, 0.3) is 0 Å². The molecule has 8 nitrogen and oxygen atoms in total. The maximum Gasteiger partial charge on any atom is 0.234 e. The summed E-state index contributed by atoms with van der Waals surface area (Å²) in [5.74, 6) is -0.153. The molecule has 166 valence electrons. The highest BCUT2D eigenvalue weighted by Crippen LogP contribution is 2.22. The molecule has 2 saturated heterocycles. The molecule has 3 rings (SSSR count). The Morgan fingerprint density at radius 3 is 2.60 bits per heavy atom. The van der Waals surface area contributed by atoms with E-state index in [2.05, 4.69) is 15.5 Å².